The highest BCUT2D eigenvalue weighted by Gasteiger charge is 2.40. The number of alkyl halides is 1. The van der Waals surface area contributed by atoms with E-state index in [1.807, 2.05) is 0 Å². The van der Waals surface area contributed by atoms with Gasteiger partial charge in [0.2, 0.25) is 8.32 Å². The molecule has 0 saturated carbocycles. The Bertz CT molecular complexity index is 597. The SMILES string of the molecule is COC(=O)c1c(Cl)c(OC)cc(O[Si](C)(C)C(C)(C)C)c1CBr. The fourth-order valence-electron chi connectivity index (χ4n) is 1.76. The predicted octanol–water partition coefficient (Wildman–Crippen LogP) is 5.41. The molecule has 7 heteroatoms. The number of rotatable bonds is 5. The van der Waals surface area contributed by atoms with Gasteiger partial charge in [0.25, 0.3) is 0 Å². The second-order valence-electron chi connectivity index (χ2n) is 6.73. The molecule has 1 aromatic carbocycles. The van der Waals surface area contributed by atoms with Gasteiger partial charge in [-0.3, -0.25) is 0 Å². The van der Waals surface area contributed by atoms with E-state index in [1.165, 1.54) is 14.2 Å². The smallest absolute Gasteiger partial charge is 0.339 e. The van der Waals surface area contributed by atoms with Crippen LogP contribution in [0.5, 0.6) is 11.5 Å². The Hall–Kier alpha value is -0.723. The van der Waals surface area contributed by atoms with Crippen molar-refractivity contribution in [3.63, 3.8) is 0 Å². The van der Waals surface area contributed by atoms with E-state index in [2.05, 4.69) is 49.8 Å². The summed E-state index contributed by atoms with van der Waals surface area (Å²) in [5.74, 6) is 0.490. The molecule has 0 amide bonds. The summed E-state index contributed by atoms with van der Waals surface area (Å²) in [7, 11) is 0.744. The zero-order valence-corrected chi connectivity index (χ0v) is 18.0. The van der Waals surface area contributed by atoms with Crippen LogP contribution < -0.4 is 9.16 Å². The van der Waals surface area contributed by atoms with Gasteiger partial charge in [0.15, 0.2) is 0 Å². The lowest BCUT2D eigenvalue weighted by atomic mass is 10.1. The summed E-state index contributed by atoms with van der Waals surface area (Å²) >= 11 is 9.73. The van der Waals surface area contributed by atoms with Crippen LogP contribution in [0.25, 0.3) is 0 Å². The Morgan fingerprint density at radius 3 is 2.22 bits per heavy atom. The lowest BCUT2D eigenvalue weighted by Gasteiger charge is -2.37. The first-order valence-corrected chi connectivity index (χ1v) is 11.6. The maximum absolute atomic E-state index is 12.2. The summed E-state index contributed by atoms with van der Waals surface area (Å²) in [5, 5.41) is 0.677. The zero-order valence-electron chi connectivity index (χ0n) is 14.7. The normalized spacial score (nSPS) is 12.0. The van der Waals surface area contributed by atoms with Crippen molar-refractivity contribution in [1.29, 1.82) is 0 Å². The Labute approximate surface area is 152 Å². The van der Waals surface area contributed by atoms with Gasteiger partial charge >= 0.3 is 5.97 Å². The molecule has 0 atom stereocenters. The van der Waals surface area contributed by atoms with Crippen molar-refractivity contribution >= 4 is 41.8 Å². The topological polar surface area (TPSA) is 44.8 Å². The minimum atomic E-state index is -2.09. The van der Waals surface area contributed by atoms with Gasteiger partial charge in [-0.15, -0.1) is 0 Å². The molecule has 0 unspecified atom stereocenters. The summed E-state index contributed by atoms with van der Waals surface area (Å²) in [6.07, 6.45) is 0. The van der Waals surface area contributed by atoms with Crippen molar-refractivity contribution in [2.24, 2.45) is 0 Å². The van der Waals surface area contributed by atoms with Crippen LogP contribution in [-0.2, 0) is 10.1 Å². The molecule has 0 aliphatic carbocycles. The van der Waals surface area contributed by atoms with Crippen LogP contribution in [0.3, 0.4) is 0 Å². The summed E-state index contributed by atoms with van der Waals surface area (Å²) in [6.45, 7) is 10.7. The Kier molecular flexibility index (Phi) is 6.58. The molecule has 0 radical (unpaired) electrons. The molecule has 0 saturated heterocycles. The summed E-state index contributed by atoms with van der Waals surface area (Å²) < 4.78 is 16.6. The first kappa shape index (κ1) is 20.3. The number of hydrogen-bond acceptors (Lipinski definition) is 4. The van der Waals surface area contributed by atoms with Gasteiger partial charge in [0.1, 0.15) is 11.5 Å². The van der Waals surface area contributed by atoms with E-state index in [9.17, 15) is 4.79 Å². The Morgan fingerprint density at radius 2 is 1.83 bits per heavy atom. The molecule has 0 aromatic heterocycles. The molecule has 0 bridgehead atoms. The average Bonchev–Trinajstić information content (AvgIpc) is 2.45. The van der Waals surface area contributed by atoms with E-state index in [4.69, 9.17) is 25.5 Å². The summed E-state index contributed by atoms with van der Waals surface area (Å²) in [5.41, 5.74) is 0.951. The number of carbonyl (C=O) groups excluding carboxylic acids is 1. The van der Waals surface area contributed by atoms with Gasteiger partial charge in [0.05, 0.1) is 24.8 Å². The zero-order chi connectivity index (χ0) is 18.0. The molecule has 1 aromatic rings. The standard InChI is InChI=1S/C16H24BrClO4Si/c1-16(2,3)23(6,7)22-11-8-12(20-4)14(18)13(10(11)9-17)15(19)21-5/h8H,9H2,1-7H3. The van der Waals surface area contributed by atoms with Crippen LogP contribution in [0, 0.1) is 0 Å². The predicted molar refractivity (Wildman–Crippen MR) is 99.8 cm³/mol. The largest absolute Gasteiger partial charge is 0.543 e. The maximum atomic E-state index is 12.2. The molecular formula is C16H24BrClO4Si. The third-order valence-corrected chi connectivity index (χ3v) is 9.49. The average molecular weight is 424 g/mol. The van der Waals surface area contributed by atoms with Crippen LogP contribution in [0.15, 0.2) is 6.07 Å². The minimum absolute atomic E-state index is 0.0227. The lowest BCUT2D eigenvalue weighted by molar-refractivity contribution is 0.0599. The Morgan fingerprint density at radius 1 is 1.26 bits per heavy atom. The Balaban J connectivity index is 3.57. The van der Waals surface area contributed by atoms with Gasteiger partial charge < -0.3 is 13.9 Å². The lowest BCUT2D eigenvalue weighted by Crippen LogP contribution is -2.44. The molecule has 0 aliphatic rings. The highest BCUT2D eigenvalue weighted by Crippen LogP contribution is 2.43. The number of ether oxygens (including phenoxy) is 2. The van der Waals surface area contributed by atoms with Crippen molar-refractivity contribution in [2.75, 3.05) is 14.2 Å². The van der Waals surface area contributed by atoms with E-state index >= 15 is 0 Å². The summed E-state index contributed by atoms with van der Waals surface area (Å²) in [6, 6.07) is 1.74. The molecule has 1 rings (SSSR count). The van der Waals surface area contributed by atoms with Crippen LogP contribution in [0.4, 0.5) is 0 Å². The highest BCUT2D eigenvalue weighted by molar-refractivity contribution is 9.08. The summed E-state index contributed by atoms with van der Waals surface area (Å²) in [4.78, 5) is 12.2. The molecule has 0 spiro atoms. The monoisotopic (exact) mass is 422 g/mol. The van der Waals surface area contributed by atoms with Gasteiger partial charge in [-0.1, -0.05) is 48.3 Å². The molecule has 130 valence electrons. The van der Waals surface area contributed by atoms with Crippen LogP contribution in [0.2, 0.25) is 23.2 Å². The molecule has 4 nitrogen and oxygen atoms in total. The third kappa shape index (κ3) is 4.22. The molecule has 0 N–H and O–H groups in total. The first-order chi connectivity index (χ1) is 10.5. The van der Waals surface area contributed by atoms with Crippen molar-refractivity contribution in [2.45, 2.75) is 44.2 Å². The van der Waals surface area contributed by atoms with Crippen molar-refractivity contribution in [3.8, 4) is 11.5 Å². The fraction of sp³-hybridized carbons (Fsp3) is 0.562. The van der Waals surface area contributed by atoms with Gasteiger partial charge in [-0.2, -0.15) is 0 Å². The van der Waals surface area contributed by atoms with E-state index in [0.29, 0.717) is 22.4 Å². The van der Waals surface area contributed by atoms with E-state index in [1.54, 1.807) is 6.07 Å². The fourth-order valence-corrected chi connectivity index (χ4v) is 3.68. The van der Waals surface area contributed by atoms with Crippen molar-refractivity contribution in [3.05, 3.63) is 22.2 Å². The van der Waals surface area contributed by atoms with Crippen molar-refractivity contribution < 1.29 is 18.7 Å². The van der Waals surface area contributed by atoms with E-state index in [-0.39, 0.29) is 15.6 Å². The van der Waals surface area contributed by atoms with Crippen LogP contribution in [0.1, 0.15) is 36.7 Å². The third-order valence-electron chi connectivity index (χ3n) is 4.21. The minimum Gasteiger partial charge on any atom is -0.543 e. The van der Waals surface area contributed by atoms with Crippen LogP contribution >= 0.6 is 27.5 Å². The molecule has 23 heavy (non-hydrogen) atoms. The number of hydrogen-bond donors (Lipinski definition) is 0. The van der Waals surface area contributed by atoms with Gasteiger partial charge in [0, 0.05) is 17.0 Å². The van der Waals surface area contributed by atoms with Gasteiger partial charge in [-0.05, 0) is 18.1 Å². The molecular weight excluding hydrogens is 400 g/mol. The molecule has 0 aliphatic heterocycles. The molecule has 0 fully saturated rings. The first-order valence-electron chi connectivity index (χ1n) is 7.22. The van der Waals surface area contributed by atoms with E-state index < -0.39 is 14.3 Å². The van der Waals surface area contributed by atoms with E-state index in [0.717, 1.165) is 0 Å². The highest BCUT2D eigenvalue weighted by atomic mass is 79.9. The van der Waals surface area contributed by atoms with Crippen molar-refractivity contribution in [1.82, 2.24) is 0 Å². The number of methoxy groups -OCH3 is 2. The number of carbonyl (C=O) groups is 1. The number of halogens is 2. The maximum Gasteiger partial charge on any atom is 0.339 e. The molecule has 0 heterocycles. The van der Waals surface area contributed by atoms with Crippen LogP contribution in [-0.4, -0.2) is 28.5 Å². The second-order valence-corrected chi connectivity index (χ2v) is 12.4. The number of benzene rings is 1. The quantitative estimate of drug-likeness (QED) is 0.360. The second kappa shape index (κ2) is 7.45. The number of esters is 1. The van der Waals surface area contributed by atoms with Gasteiger partial charge in [-0.25, -0.2) is 4.79 Å².